The number of rotatable bonds is 6. The van der Waals surface area contributed by atoms with Crippen LogP contribution in [0.15, 0.2) is 0 Å². The second kappa shape index (κ2) is 6.32. The summed E-state index contributed by atoms with van der Waals surface area (Å²) in [6.45, 7) is 6.45. The van der Waals surface area contributed by atoms with E-state index in [1.165, 1.54) is 12.8 Å². The van der Waals surface area contributed by atoms with Crippen molar-refractivity contribution >= 4 is 12.0 Å². The van der Waals surface area contributed by atoms with Gasteiger partial charge in [-0.25, -0.2) is 0 Å². The topological polar surface area (TPSA) is 40.9 Å². The van der Waals surface area contributed by atoms with Crippen LogP contribution in [0.4, 0.5) is 0 Å². The highest BCUT2D eigenvalue weighted by Gasteiger charge is 2.41. The van der Waals surface area contributed by atoms with Crippen LogP contribution in [-0.2, 0) is 4.79 Å². The van der Waals surface area contributed by atoms with E-state index in [9.17, 15) is 4.79 Å². The summed E-state index contributed by atoms with van der Waals surface area (Å²) in [6, 6.07) is 0. The van der Waals surface area contributed by atoms with E-state index in [1.807, 2.05) is 0 Å². The van der Waals surface area contributed by atoms with Crippen molar-refractivity contribution in [1.29, 1.82) is 5.41 Å². The Bertz CT molecular complexity index is 266. The summed E-state index contributed by atoms with van der Waals surface area (Å²) < 4.78 is 0. The van der Waals surface area contributed by atoms with Gasteiger partial charge in [-0.05, 0) is 37.5 Å². The van der Waals surface area contributed by atoms with Crippen molar-refractivity contribution in [2.45, 2.75) is 65.7 Å². The number of nitrogens with one attached hydrogen (secondary N) is 1. The quantitative estimate of drug-likeness (QED) is 0.545. The van der Waals surface area contributed by atoms with Crippen molar-refractivity contribution in [2.75, 3.05) is 0 Å². The first kappa shape index (κ1) is 14.4. The standard InChI is InChI=1S/C15H27NO/c1-4-6-14(16)15(5-2,11-17)13-9-7-12(3)8-10-13/h11-13,16H,4-10H2,1-3H3. The zero-order valence-electron chi connectivity index (χ0n) is 11.6. The van der Waals surface area contributed by atoms with Crippen LogP contribution in [0.5, 0.6) is 0 Å². The molecule has 1 aliphatic rings. The van der Waals surface area contributed by atoms with Crippen LogP contribution < -0.4 is 0 Å². The highest BCUT2D eigenvalue weighted by Crippen LogP contribution is 2.42. The van der Waals surface area contributed by atoms with Crippen molar-refractivity contribution < 1.29 is 4.79 Å². The van der Waals surface area contributed by atoms with Gasteiger partial charge >= 0.3 is 0 Å². The number of carbonyl (C=O) groups excluding carboxylic acids is 1. The van der Waals surface area contributed by atoms with E-state index < -0.39 is 5.41 Å². The Morgan fingerprint density at radius 1 is 1.29 bits per heavy atom. The van der Waals surface area contributed by atoms with Gasteiger partial charge in [-0.2, -0.15) is 0 Å². The smallest absolute Gasteiger partial charge is 0.132 e. The third kappa shape index (κ3) is 2.97. The molecule has 1 atom stereocenters. The number of carbonyl (C=O) groups is 1. The lowest BCUT2D eigenvalue weighted by Crippen LogP contribution is -2.41. The third-order valence-electron chi connectivity index (χ3n) is 4.60. The van der Waals surface area contributed by atoms with Crippen LogP contribution in [0.25, 0.3) is 0 Å². The molecule has 0 aliphatic heterocycles. The summed E-state index contributed by atoms with van der Waals surface area (Å²) in [5.74, 6) is 1.22. The first-order valence-corrected chi connectivity index (χ1v) is 7.14. The molecule has 1 rings (SSSR count). The molecule has 0 spiro atoms. The molecule has 1 aliphatic carbocycles. The van der Waals surface area contributed by atoms with Gasteiger partial charge in [0.25, 0.3) is 0 Å². The Morgan fingerprint density at radius 3 is 2.29 bits per heavy atom. The fourth-order valence-corrected chi connectivity index (χ4v) is 3.26. The minimum Gasteiger partial charge on any atom is -0.309 e. The molecule has 0 heterocycles. The van der Waals surface area contributed by atoms with Crippen molar-refractivity contribution in [3.8, 4) is 0 Å². The van der Waals surface area contributed by atoms with E-state index in [0.717, 1.165) is 44.3 Å². The van der Waals surface area contributed by atoms with Crippen LogP contribution in [-0.4, -0.2) is 12.0 Å². The molecule has 2 nitrogen and oxygen atoms in total. The van der Waals surface area contributed by atoms with Crippen LogP contribution >= 0.6 is 0 Å². The lowest BCUT2D eigenvalue weighted by Gasteiger charge is -2.40. The predicted molar refractivity (Wildman–Crippen MR) is 72.5 cm³/mol. The Labute approximate surface area is 106 Å². The van der Waals surface area contributed by atoms with Crippen molar-refractivity contribution in [1.82, 2.24) is 0 Å². The zero-order valence-corrected chi connectivity index (χ0v) is 11.6. The third-order valence-corrected chi connectivity index (χ3v) is 4.60. The van der Waals surface area contributed by atoms with Crippen LogP contribution in [0.2, 0.25) is 0 Å². The summed E-state index contributed by atoms with van der Waals surface area (Å²) in [6.07, 6.45) is 8.33. The molecule has 0 radical (unpaired) electrons. The minimum atomic E-state index is -0.448. The summed E-state index contributed by atoms with van der Waals surface area (Å²) in [7, 11) is 0. The lowest BCUT2D eigenvalue weighted by atomic mass is 9.63. The van der Waals surface area contributed by atoms with Gasteiger partial charge in [0, 0.05) is 5.71 Å². The summed E-state index contributed by atoms with van der Waals surface area (Å²) in [5, 5.41) is 8.25. The molecule has 0 aromatic carbocycles. The summed E-state index contributed by atoms with van der Waals surface area (Å²) in [4.78, 5) is 11.6. The lowest BCUT2D eigenvalue weighted by molar-refractivity contribution is -0.116. The Balaban J connectivity index is 2.83. The van der Waals surface area contributed by atoms with Gasteiger partial charge in [-0.3, -0.25) is 0 Å². The van der Waals surface area contributed by atoms with Gasteiger partial charge in [0.05, 0.1) is 5.41 Å². The zero-order chi connectivity index (χ0) is 12.9. The van der Waals surface area contributed by atoms with Gasteiger partial charge in [-0.1, -0.05) is 40.0 Å². The minimum absolute atomic E-state index is 0.417. The molecule has 17 heavy (non-hydrogen) atoms. The highest BCUT2D eigenvalue weighted by atomic mass is 16.1. The fraction of sp³-hybridized carbons (Fsp3) is 0.867. The maximum absolute atomic E-state index is 11.6. The first-order valence-electron chi connectivity index (χ1n) is 7.14. The van der Waals surface area contributed by atoms with E-state index in [4.69, 9.17) is 5.41 Å². The number of aldehydes is 1. The molecular formula is C15H27NO. The second-order valence-electron chi connectivity index (χ2n) is 5.70. The molecule has 1 fully saturated rings. The van der Waals surface area contributed by atoms with Crippen molar-refractivity contribution in [3.05, 3.63) is 0 Å². The van der Waals surface area contributed by atoms with E-state index in [2.05, 4.69) is 20.8 Å². The van der Waals surface area contributed by atoms with Crippen molar-refractivity contribution in [2.24, 2.45) is 17.3 Å². The Morgan fingerprint density at radius 2 is 1.88 bits per heavy atom. The first-order chi connectivity index (χ1) is 8.10. The molecular weight excluding hydrogens is 210 g/mol. The molecule has 0 aromatic heterocycles. The highest BCUT2D eigenvalue weighted by molar-refractivity contribution is 6.00. The maximum Gasteiger partial charge on any atom is 0.132 e. The van der Waals surface area contributed by atoms with Crippen LogP contribution in [0.1, 0.15) is 65.7 Å². The predicted octanol–water partition coefficient (Wildman–Crippen LogP) is 4.23. The maximum atomic E-state index is 11.6. The van der Waals surface area contributed by atoms with Crippen molar-refractivity contribution in [3.63, 3.8) is 0 Å². The second-order valence-corrected chi connectivity index (χ2v) is 5.70. The SMILES string of the molecule is CCCC(=N)C(C=O)(CC)C1CCC(C)CC1. The molecule has 1 saturated carbocycles. The molecule has 0 saturated heterocycles. The van der Waals surface area contributed by atoms with E-state index in [0.29, 0.717) is 11.6 Å². The molecule has 0 amide bonds. The Kier molecular flexibility index (Phi) is 5.35. The molecule has 2 heteroatoms. The van der Waals surface area contributed by atoms with Gasteiger partial charge in [0.1, 0.15) is 6.29 Å². The molecule has 98 valence electrons. The Hall–Kier alpha value is -0.660. The monoisotopic (exact) mass is 237 g/mol. The van der Waals surface area contributed by atoms with Gasteiger partial charge in [0.15, 0.2) is 0 Å². The fourth-order valence-electron chi connectivity index (χ4n) is 3.26. The average Bonchev–Trinajstić information content (AvgIpc) is 2.34. The van der Waals surface area contributed by atoms with E-state index in [-0.39, 0.29) is 0 Å². The summed E-state index contributed by atoms with van der Waals surface area (Å²) in [5.41, 5.74) is 0.230. The van der Waals surface area contributed by atoms with Gasteiger partial charge < -0.3 is 10.2 Å². The van der Waals surface area contributed by atoms with Crippen LogP contribution in [0, 0.1) is 22.7 Å². The largest absolute Gasteiger partial charge is 0.309 e. The molecule has 0 aromatic rings. The van der Waals surface area contributed by atoms with Crippen LogP contribution in [0.3, 0.4) is 0 Å². The van der Waals surface area contributed by atoms with E-state index >= 15 is 0 Å². The molecule has 1 unspecified atom stereocenters. The average molecular weight is 237 g/mol. The number of hydrogen-bond acceptors (Lipinski definition) is 2. The van der Waals surface area contributed by atoms with Gasteiger partial charge in [0.2, 0.25) is 0 Å². The molecule has 1 N–H and O–H groups in total. The molecule has 0 bridgehead atoms. The number of hydrogen-bond donors (Lipinski definition) is 1. The van der Waals surface area contributed by atoms with Gasteiger partial charge in [-0.15, -0.1) is 0 Å². The normalized spacial score (nSPS) is 28.4. The summed E-state index contributed by atoms with van der Waals surface area (Å²) >= 11 is 0. The van der Waals surface area contributed by atoms with E-state index in [1.54, 1.807) is 0 Å².